The number of hydrogen-bond acceptors (Lipinski definition) is 8. The molecule has 0 aliphatic carbocycles. The predicted molar refractivity (Wildman–Crippen MR) is 97.3 cm³/mol. The molecule has 0 spiro atoms. The number of carboxylic acid groups (broad SMARTS) is 5. The topological polar surface area (TPSA) is 265 Å². The Labute approximate surface area is 158 Å². The maximum absolute atomic E-state index is 9.00. The largest absolute Gasteiger partial charge is 0.481 e. The van der Waals surface area contributed by atoms with E-state index in [0.29, 0.717) is 0 Å². The SMILES string of the molecule is C1CN1.C1CN1.CC(=O)O.CC(=O)O.CC(=O)O.CC(=O)O.CC(=O)O.N. The van der Waals surface area contributed by atoms with Gasteiger partial charge in [0, 0.05) is 60.8 Å². The summed E-state index contributed by atoms with van der Waals surface area (Å²) in [7, 11) is 0. The molecule has 2 rings (SSSR count). The maximum atomic E-state index is 9.00. The Hall–Kier alpha value is -2.77. The van der Waals surface area contributed by atoms with Gasteiger partial charge in [-0.3, -0.25) is 24.0 Å². The van der Waals surface area contributed by atoms with Crippen molar-refractivity contribution < 1.29 is 49.5 Å². The summed E-state index contributed by atoms with van der Waals surface area (Å²) in [6.45, 7) is 10.4. The van der Waals surface area contributed by atoms with Gasteiger partial charge in [0.25, 0.3) is 29.8 Å². The number of nitrogens with one attached hydrogen (secondary N) is 2. The minimum atomic E-state index is -0.833. The molecule has 10 N–H and O–H groups in total. The van der Waals surface area contributed by atoms with Crippen molar-refractivity contribution in [3.05, 3.63) is 0 Å². The fourth-order valence-electron chi connectivity index (χ4n) is 0. The molecule has 2 aliphatic heterocycles. The predicted octanol–water partition coefficient (Wildman–Crippen LogP) is -0.204. The lowest BCUT2D eigenvalue weighted by atomic mass is 10.9. The average molecular weight is 403 g/mol. The first-order valence-corrected chi connectivity index (χ1v) is 7.05. The lowest BCUT2D eigenvalue weighted by molar-refractivity contribution is -0.135. The molecule has 0 aromatic rings. The van der Waals surface area contributed by atoms with Gasteiger partial charge in [0.15, 0.2) is 0 Å². The fraction of sp³-hybridized carbons (Fsp3) is 0.643. The van der Waals surface area contributed by atoms with Crippen LogP contribution >= 0.6 is 0 Å². The molecular formula is C14H33N3O10. The Bertz CT molecular complexity index is 284. The molecule has 2 saturated heterocycles. The van der Waals surface area contributed by atoms with Crippen LogP contribution in [0.4, 0.5) is 0 Å². The van der Waals surface area contributed by atoms with Crippen molar-refractivity contribution in [1.29, 1.82) is 0 Å². The first-order valence-electron chi connectivity index (χ1n) is 7.05. The van der Waals surface area contributed by atoms with Crippen LogP contribution in [-0.2, 0) is 24.0 Å². The van der Waals surface area contributed by atoms with Crippen molar-refractivity contribution in [2.24, 2.45) is 0 Å². The monoisotopic (exact) mass is 403 g/mol. The molecule has 0 bridgehead atoms. The van der Waals surface area contributed by atoms with Gasteiger partial charge in [-0.1, -0.05) is 0 Å². The zero-order valence-corrected chi connectivity index (χ0v) is 16.3. The second-order valence-electron chi connectivity index (χ2n) is 4.10. The molecule has 0 radical (unpaired) electrons. The van der Waals surface area contributed by atoms with Gasteiger partial charge in [-0.25, -0.2) is 0 Å². The van der Waals surface area contributed by atoms with Crippen LogP contribution in [0.1, 0.15) is 34.6 Å². The highest BCUT2D eigenvalue weighted by Crippen LogP contribution is 1.65. The molecule has 2 heterocycles. The highest BCUT2D eigenvalue weighted by molar-refractivity contribution is 5.63. The third kappa shape index (κ3) is 17700. The molecule has 2 fully saturated rings. The van der Waals surface area contributed by atoms with Crippen LogP contribution in [0.2, 0.25) is 0 Å². The smallest absolute Gasteiger partial charge is 0.300 e. The van der Waals surface area contributed by atoms with Crippen LogP contribution in [0.3, 0.4) is 0 Å². The summed E-state index contributed by atoms with van der Waals surface area (Å²) < 4.78 is 0. The minimum Gasteiger partial charge on any atom is -0.481 e. The molecule has 164 valence electrons. The van der Waals surface area contributed by atoms with Gasteiger partial charge < -0.3 is 42.3 Å². The van der Waals surface area contributed by atoms with Crippen LogP contribution in [0, 0.1) is 0 Å². The fourth-order valence-corrected chi connectivity index (χ4v) is 0. The second kappa shape index (κ2) is 34.5. The van der Waals surface area contributed by atoms with Gasteiger partial charge in [-0.05, 0) is 0 Å². The van der Waals surface area contributed by atoms with Crippen molar-refractivity contribution in [1.82, 2.24) is 16.8 Å². The molecule has 2 aliphatic rings. The van der Waals surface area contributed by atoms with E-state index in [1.165, 1.54) is 26.2 Å². The van der Waals surface area contributed by atoms with Crippen molar-refractivity contribution in [2.75, 3.05) is 26.2 Å². The molecule has 0 saturated carbocycles. The number of carbonyl (C=O) groups is 5. The van der Waals surface area contributed by atoms with Crippen molar-refractivity contribution in [3.8, 4) is 0 Å². The van der Waals surface area contributed by atoms with Gasteiger partial charge in [-0.15, -0.1) is 0 Å². The van der Waals surface area contributed by atoms with E-state index >= 15 is 0 Å². The summed E-state index contributed by atoms with van der Waals surface area (Å²) in [5, 5.41) is 43.1. The van der Waals surface area contributed by atoms with Gasteiger partial charge in [0.2, 0.25) is 0 Å². The minimum absolute atomic E-state index is 0. The molecule has 0 unspecified atom stereocenters. The van der Waals surface area contributed by atoms with Crippen LogP contribution in [0.15, 0.2) is 0 Å². The lowest BCUT2D eigenvalue weighted by Crippen LogP contribution is -1.78. The summed E-state index contributed by atoms with van der Waals surface area (Å²) in [6, 6.07) is 0. The van der Waals surface area contributed by atoms with E-state index in [1.54, 1.807) is 0 Å². The second-order valence-corrected chi connectivity index (χ2v) is 4.10. The standard InChI is InChI=1S/2C2H5N.5C2H4O2.H3N/c2*1-2-3-1;5*1-2(3)4;/h2*3H,1-2H2;5*1H3,(H,3,4);1H3. The molecule has 13 nitrogen and oxygen atoms in total. The van der Waals surface area contributed by atoms with Crippen molar-refractivity contribution in [3.63, 3.8) is 0 Å². The Morgan fingerprint density at radius 1 is 0.481 bits per heavy atom. The quantitative estimate of drug-likeness (QED) is 0.243. The molecule has 27 heavy (non-hydrogen) atoms. The Morgan fingerprint density at radius 3 is 0.519 bits per heavy atom. The summed E-state index contributed by atoms with van der Waals surface area (Å²) >= 11 is 0. The molecule has 0 atom stereocenters. The Kier molecular flexibility index (Phi) is 50.3. The van der Waals surface area contributed by atoms with Gasteiger partial charge in [-0.2, -0.15) is 0 Å². The molecular weight excluding hydrogens is 370 g/mol. The first kappa shape index (κ1) is 39.3. The van der Waals surface area contributed by atoms with Crippen LogP contribution in [0.25, 0.3) is 0 Å². The summed E-state index contributed by atoms with van der Waals surface area (Å²) in [6.07, 6.45) is 0. The molecule has 13 heteroatoms. The third-order valence-electron chi connectivity index (χ3n) is 0.500. The molecule has 0 aromatic carbocycles. The van der Waals surface area contributed by atoms with Gasteiger partial charge >= 0.3 is 0 Å². The van der Waals surface area contributed by atoms with Crippen molar-refractivity contribution >= 4 is 29.8 Å². The van der Waals surface area contributed by atoms with E-state index in [-0.39, 0.29) is 6.15 Å². The highest BCUT2D eigenvalue weighted by atomic mass is 16.4. The Balaban J connectivity index is -0.0000000474. The number of carboxylic acids is 5. The third-order valence-corrected chi connectivity index (χ3v) is 0.500. The van der Waals surface area contributed by atoms with Crippen molar-refractivity contribution in [2.45, 2.75) is 34.6 Å². The summed E-state index contributed by atoms with van der Waals surface area (Å²) in [4.78, 5) is 45.0. The zero-order chi connectivity index (χ0) is 22.1. The van der Waals surface area contributed by atoms with Gasteiger partial charge in [0.05, 0.1) is 0 Å². The van der Waals surface area contributed by atoms with Crippen LogP contribution in [0.5, 0.6) is 0 Å². The first-order chi connectivity index (χ1) is 11.7. The van der Waals surface area contributed by atoms with E-state index in [4.69, 9.17) is 49.5 Å². The lowest BCUT2D eigenvalue weighted by Gasteiger charge is -1.59. The Morgan fingerprint density at radius 2 is 0.519 bits per heavy atom. The van der Waals surface area contributed by atoms with Crippen LogP contribution in [-0.4, -0.2) is 81.6 Å². The maximum Gasteiger partial charge on any atom is 0.300 e. The summed E-state index contributed by atoms with van der Waals surface area (Å²) in [5.74, 6) is -4.17. The van der Waals surface area contributed by atoms with E-state index in [2.05, 4.69) is 10.6 Å². The normalized spacial score (nSPS) is 9.96. The number of hydrogen-bond donors (Lipinski definition) is 8. The number of rotatable bonds is 0. The van der Waals surface area contributed by atoms with E-state index in [0.717, 1.165) is 34.6 Å². The summed E-state index contributed by atoms with van der Waals surface area (Å²) in [5.41, 5.74) is 0. The zero-order valence-electron chi connectivity index (χ0n) is 16.3. The van der Waals surface area contributed by atoms with E-state index in [9.17, 15) is 0 Å². The number of aliphatic carboxylic acids is 5. The van der Waals surface area contributed by atoms with Crippen LogP contribution < -0.4 is 16.8 Å². The molecule has 0 aromatic heterocycles. The van der Waals surface area contributed by atoms with Gasteiger partial charge in [0.1, 0.15) is 0 Å². The highest BCUT2D eigenvalue weighted by Gasteiger charge is 1.91. The van der Waals surface area contributed by atoms with E-state index in [1.807, 2.05) is 0 Å². The average Bonchev–Trinajstić information content (AvgIpc) is 3.18. The van der Waals surface area contributed by atoms with E-state index < -0.39 is 29.8 Å². The molecule has 0 amide bonds.